The molecule has 0 aliphatic carbocycles. The van der Waals surface area contributed by atoms with E-state index < -0.39 is 0 Å². The van der Waals surface area contributed by atoms with E-state index in [2.05, 4.69) is 77.5 Å². The highest BCUT2D eigenvalue weighted by Gasteiger charge is 2.41. The molecule has 2 heterocycles. The first-order valence-corrected chi connectivity index (χ1v) is 11.3. The second-order valence-corrected chi connectivity index (χ2v) is 8.51. The number of rotatable bonds is 5. The van der Waals surface area contributed by atoms with Gasteiger partial charge in [-0.1, -0.05) is 78.4 Å². The SMILES string of the molecule is CCOC(=O)[C@@H]1Cc2c([nH]c3ccccc23)[C@H](c2ccc(C)cc2)N1Cc1ccccc1. The van der Waals surface area contributed by atoms with Crippen molar-refractivity contribution in [3.8, 4) is 0 Å². The summed E-state index contributed by atoms with van der Waals surface area (Å²) in [5.41, 5.74) is 7.07. The molecule has 4 heteroatoms. The number of nitrogens with zero attached hydrogens (tertiary/aromatic N) is 1. The van der Waals surface area contributed by atoms with Crippen LogP contribution in [0.15, 0.2) is 78.9 Å². The number of carbonyl (C=O) groups excluding carboxylic acids is 1. The van der Waals surface area contributed by atoms with E-state index in [1.54, 1.807) is 0 Å². The lowest BCUT2D eigenvalue weighted by Crippen LogP contribution is -2.48. The van der Waals surface area contributed by atoms with Gasteiger partial charge < -0.3 is 9.72 Å². The van der Waals surface area contributed by atoms with E-state index in [1.165, 1.54) is 33.3 Å². The molecule has 0 saturated carbocycles. The number of hydrogen-bond donors (Lipinski definition) is 1. The Morgan fingerprint density at radius 1 is 1.00 bits per heavy atom. The van der Waals surface area contributed by atoms with Gasteiger partial charge in [0.05, 0.1) is 12.6 Å². The fourth-order valence-corrected chi connectivity index (χ4v) is 4.89. The number of ether oxygens (including phenoxy) is 1. The van der Waals surface area contributed by atoms with Crippen LogP contribution in [0.5, 0.6) is 0 Å². The maximum absolute atomic E-state index is 13.2. The molecule has 4 nitrogen and oxygen atoms in total. The van der Waals surface area contributed by atoms with Crippen molar-refractivity contribution in [1.82, 2.24) is 9.88 Å². The zero-order valence-corrected chi connectivity index (χ0v) is 18.5. The Labute approximate surface area is 188 Å². The first kappa shape index (κ1) is 20.5. The van der Waals surface area contributed by atoms with Crippen molar-refractivity contribution in [1.29, 1.82) is 0 Å². The quantitative estimate of drug-likeness (QED) is 0.427. The zero-order valence-electron chi connectivity index (χ0n) is 18.5. The number of nitrogens with one attached hydrogen (secondary N) is 1. The Morgan fingerprint density at radius 3 is 2.47 bits per heavy atom. The van der Waals surface area contributed by atoms with E-state index in [-0.39, 0.29) is 18.1 Å². The number of para-hydroxylation sites is 1. The number of fused-ring (bicyclic) bond motifs is 3. The molecule has 1 aliphatic heterocycles. The van der Waals surface area contributed by atoms with Crippen LogP contribution >= 0.6 is 0 Å². The van der Waals surface area contributed by atoms with Gasteiger partial charge in [0, 0.05) is 29.6 Å². The average molecular weight is 425 g/mol. The minimum Gasteiger partial charge on any atom is -0.465 e. The number of H-pyrrole nitrogens is 1. The summed E-state index contributed by atoms with van der Waals surface area (Å²) < 4.78 is 5.57. The Morgan fingerprint density at radius 2 is 1.72 bits per heavy atom. The van der Waals surface area contributed by atoms with Gasteiger partial charge in [-0.25, -0.2) is 0 Å². The van der Waals surface area contributed by atoms with E-state index >= 15 is 0 Å². The van der Waals surface area contributed by atoms with E-state index in [1.807, 2.05) is 25.1 Å². The van der Waals surface area contributed by atoms with Crippen molar-refractivity contribution in [2.75, 3.05) is 6.61 Å². The Hall–Kier alpha value is -3.37. The van der Waals surface area contributed by atoms with Gasteiger partial charge in [-0.3, -0.25) is 9.69 Å². The van der Waals surface area contributed by atoms with Gasteiger partial charge >= 0.3 is 5.97 Å². The first-order valence-electron chi connectivity index (χ1n) is 11.3. The van der Waals surface area contributed by atoms with E-state index in [0.29, 0.717) is 19.6 Å². The largest absolute Gasteiger partial charge is 0.465 e. The summed E-state index contributed by atoms with van der Waals surface area (Å²) >= 11 is 0. The number of carbonyl (C=O) groups is 1. The van der Waals surface area contributed by atoms with E-state index in [0.717, 1.165) is 5.52 Å². The molecular weight excluding hydrogens is 396 g/mol. The minimum absolute atomic E-state index is 0.0682. The summed E-state index contributed by atoms with van der Waals surface area (Å²) in [5.74, 6) is -0.156. The molecule has 0 spiro atoms. The molecule has 5 rings (SSSR count). The maximum atomic E-state index is 13.2. The number of aromatic nitrogens is 1. The highest BCUT2D eigenvalue weighted by atomic mass is 16.5. The standard InChI is InChI=1S/C28H28N2O2/c1-3-32-28(31)25-17-23-22-11-7-8-12-24(22)29-26(23)27(21-15-13-19(2)14-16-21)30(25)18-20-9-5-4-6-10-20/h4-16,25,27,29H,3,17-18H2,1-2H3/t25-,27-/m0/s1. The van der Waals surface area contributed by atoms with E-state index in [4.69, 9.17) is 4.74 Å². The Balaban J connectivity index is 1.70. The van der Waals surface area contributed by atoms with Gasteiger partial charge in [-0.05, 0) is 36.6 Å². The third-order valence-corrected chi connectivity index (χ3v) is 6.41. The van der Waals surface area contributed by atoms with E-state index in [9.17, 15) is 4.79 Å². The van der Waals surface area contributed by atoms with Crippen molar-refractivity contribution in [3.05, 3.63) is 107 Å². The summed E-state index contributed by atoms with van der Waals surface area (Å²) in [7, 11) is 0. The predicted molar refractivity (Wildman–Crippen MR) is 127 cm³/mol. The lowest BCUT2D eigenvalue weighted by Gasteiger charge is -2.41. The number of aromatic amines is 1. The molecule has 0 bridgehead atoms. The molecule has 32 heavy (non-hydrogen) atoms. The molecule has 3 aromatic carbocycles. The van der Waals surface area contributed by atoms with Crippen LogP contribution in [0.1, 0.15) is 40.9 Å². The number of benzene rings is 3. The summed E-state index contributed by atoms with van der Waals surface area (Å²) in [6.45, 7) is 5.02. The van der Waals surface area contributed by atoms with Gasteiger partial charge in [0.15, 0.2) is 0 Å². The molecule has 1 aliphatic rings. The smallest absolute Gasteiger partial charge is 0.323 e. The van der Waals surface area contributed by atoms with Crippen LogP contribution in [-0.4, -0.2) is 28.5 Å². The summed E-state index contributed by atoms with van der Waals surface area (Å²) in [6, 6.07) is 27.0. The minimum atomic E-state index is -0.354. The lowest BCUT2D eigenvalue weighted by molar-refractivity contribution is -0.151. The fourth-order valence-electron chi connectivity index (χ4n) is 4.89. The van der Waals surface area contributed by atoms with Crippen LogP contribution in [0.25, 0.3) is 10.9 Å². The van der Waals surface area contributed by atoms with Crippen LogP contribution in [0.2, 0.25) is 0 Å². The molecular formula is C28H28N2O2. The third kappa shape index (κ3) is 3.71. The second-order valence-electron chi connectivity index (χ2n) is 8.51. The fraction of sp³-hybridized carbons (Fsp3) is 0.250. The first-order chi connectivity index (χ1) is 15.7. The molecule has 0 saturated heterocycles. The van der Waals surface area contributed by atoms with Crippen molar-refractivity contribution in [2.45, 2.75) is 38.9 Å². The summed E-state index contributed by atoms with van der Waals surface area (Å²) in [4.78, 5) is 19.2. The Bertz CT molecular complexity index is 1230. The Kier molecular flexibility index (Phi) is 5.54. The highest BCUT2D eigenvalue weighted by Crippen LogP contribution is 2.42. The van der Waals surface area contributed by atoms with Gasteiger partial charge in [-0.15, -0.1) is 0 Å². The summed E-state index contributed by atoms with van der Waals surface area (Å²) in [5, 5.41) is 1.19. The molecule has 0 unspecified atom stereocenters. The molecule has 4 aromatic rings. The number of aryl methyl sites for hydroxylation is 1. The summed E-state index contributed by atoms with van der Waals surface area (Å²) in [6.07, 6.45) is 0.632. The van der Waals surface area contributed by atoms with Gasteiger partial charge in [-0.2, -0.15) is 0 Å². The second kappa shape index (κ2) is 8.64. The molecule has 0 amide bonds. The predicted octanol–water partition coefficient (Wildman–Crippen LogP) is 5.56. The third-order valence-electron chi connectivity index (χ3n) is 6.41. The lowest BCUT2D eigenvalue weighted by atomic mass is 9.87. The topological polar surface area (TPSA) is 45.3 Å². The van der Waals surface area contributed by atoms with Crippen LogP contribution in [0, 0.1) is 6.92 Å². The van der Waals surface area contributed by atoms with Crippen LogP contribution in [-0.2, 0) is 22.5 Å². The zero-order chi connectivity index (χ0) is 22.1. The van der Waals surface area contributed by atoms with Gasteiger partial charge in [0.1, 0.15) is 6.04 Å². The molecule has 0 radical (unpaired) electrons. The molecule has 162 valence electrons. The molecule has 1 aromatic heterocycles. The normalized spacial score (nSPS) is 18.4. The number of esters is 1. The monoisotopic (exact) mass is 424 g/mol. The highest BCUT2D eigenvalue weighted by molar-refractivity contribution is 5.87. The molecule has 1 N–H and O–H groups in total. The maximum Gasteiger partial charge on any atom is 0.323 e. The number of hydrogen-bond acceptors (Lipinski definition) is 3. The van der Waals surface area contributed by atoms with Gasteiger partial charge in [0.2, 0.25) is 0 Å². The average Bonchev–Trinajstić information content (AvgIpc) is 3.18. The van der Waals surface area contributed by atoms with Crippen LogP contribution in [0.4, 0.5) is 0 Å². The van der Waals surface area contributed by atoms with Crippen molar-refractivity contribution >= 4 is 16.9 Å². The van der Waals surface area contributed by atoms with Crippen molar-refractivity contribution in [3.63, 3.8) is 0 Å². The van der Waals surface area contributed by atoms with Crippen LogP contribution < -0.4 is 0 Å². The van der Waals surface area contributed by atoms with Crippen molar-refractivity contribution < 1.29 is 9.53 Å². The molecule has 2 atom stereocenters. The van der Waals surface area contributed by atoms with Crippen LogP contribution in [0.3, 0.4) is 0 Å². The van der Waals surface area contributed by atoms with Gasteiger partial charge in [0.25, 0.3) is 0 Å². The molecule has 0 fully saturated rings. The van der Waals surface area contributed by atoms with Crippen molar-refractivity contribution in [2.24, 2.45) is 0 Å².